The lowest BCUT2D eigenvalue weighted by atomic mass is 10.4. The molecule has 0 saturated carbocycles. The highest BCUT2D eigenvalue weighted by Crippen LogP contribution is 2.14. The van der Waals surface area contributed by atoms with Gasteiger partial charge >= 0.3 is 0 Å². The summed E-state index contributed by atoms with van der Waals surface area (Å²) in [5, 5.41) is 8.85. The Morgan fingerprint density at radius 1 is 1.59 bits per heavy atom. The molecule has 2 aromatic heterocycles. The van der Waals surface area contributed by atoms with Crippen LogP contribution in [0.5, 0.6) is 0 Å². The van der Waals surface area contributed by atoms with Crippen molar-refractivity contribution in [2.75, 3.05) is 11.1 Å². The second kappa shape index (κ2) is 4.54. The summed E-state index contributed by atoms with van der Waals surface area (Å²) in [6.07, 6.45) is 3.38. The Balaban J connectivity index is 2.07. The van der Waals surface area contributed by atoms with Gasteiger partial charge < -0.3 is 11.1 Å². The molecule has 2 heterocycles. The van der Waals surface area contributed by atoms with E-state index in [2.05, 4.69) is 15.4 Å². The van der Waals surface area contributed by atoms with Gasteiger partial charge in [-0.05, 0) is 13.8 Å². The summed E-state index contributed by atoms with van der Waals surface area (Å²) < 4.78 is 1.77. The Morgan fingerprint density at radius 2 is 2.35 bits per heavy atom. The molecule has 1 amide bonds. The molecule has 0 unspecified atom stereocenters. The minimum Gasteiger partial charge on any atom is -0.375 e. The summed E-state index contributed by atoms with van der Waals surface area (Å²) >= 11 is 1.24. The molecule has 0 aliphatic carbocycles. The third-order valence-electron chi connectivity index (χ3n) is 2.14. The quantitative estimate of drug-likeness (QED) is 0.870. The summed E-state index contributed by atoms with van der Waals surface area (Å²) in [5.41, 5.74) is 6.44. The van der Waals surface area contributed by atoms with Crippen LogP contribution in [0.1, 0.15) is 30.4 Å². The van der Waals surface area contributed by atoms with Crippen molar-refractivity contribution in [2.24, 2.45) is 0 Å². The van der Waals surface area contributed by atoms with Crippen LogP contribution in [-0.4, -0.2) is 20.7 Å². The SMILES string of the molecule is CC(C)n1cc(NC(=O)c2csc(N)n2)cn1. The highest BCUT2D eigenvalue weighted by molar-refractivity contribution is 7.13. The van der Waals surface area contributed by atoms with E-state index in [0.717, 1.165) is 0 Å². The minimum absolute atomic E-state index is 0.260. The molecular weight excluding hydrogens is 238 g/mol. The molecule has 0 saturated heterocycles. The van der Waals surface area contributed by atoms with Gasteiger partial charge in [-0.3, -0.25) is 9.48 Å². The van der Waals surface area contributed by atoms with Crippen molar-refractivity contribution < 1.29 is 4.79 Å². The molecule has 2 rings (SSSR count). The second-order valence-corrected chi connectivity index (χ2v) is 4.72. The van der Waals surface area contributed by atoms with Crippen LogP contribution in [0.15, 0.2) is 17.8 Å². The highest BCUT2D eigenvalue weighted by Gasteiger charge is 2.11. The largest absolute Gasteiger partial charge is 0.375 e. The maximum Gasteiger partial charge on any atom is 0.275 e. The fraction of sp³-hybridized carbons (Fsp3) is 0.300. The van der Waals surface area contributed by atoms with Crippen LogP contribution in [0.3, 0.4) is 0 Å². The van der Waals surface area contributed by atoms with E-state index in [1.165, 1.54) is 11.3 Å². The monoisotopic (exact) mass is 251 g/mol. The van der Waals surface area contributed by atoms with E-state index in [1.807, 2.05) is 13.8 Å². The zero-order valence-electron chi connectivity index (χ0n) is 9.54. The van der Waals surface area contributed by atoms with Crippen LogP contribution in [0, 0.1) is 0 Å². The van der Waals surface area contributed by atoms with Gasteiger partial charge in [0.25, 0.3) is 5.91 Å². The van der Waals surface area contributed by atoms with Gasteiger partial charge in [0.2, 0.25) is 0 Å². The van der Waals surface area contributed by atoms with Crippen molar-refractivity contribution in [1.29, 1.82) is 0 Å². The molecule has 0 bridgehead atoms. The number of nitrogen functional groups attached to an aromatic ring is 1. The van der Waals surface area contributed by atoms with Gasteiger partial charge in [0, 0.05) is 17.6 Å². The Kier molecular flexibility index (Phi) is 3.10. The first kappa shape index (κ1) is 11.6. The van der Waals surface area contributed by atoms with Crippen LogP contribution in [0.2, 0.25) is 0 Å². The molecule has 3 N–H and O–H groups in total. The highest BCUT2D eigenvalue weighted by atomic mass is 32.1. The Morgan fingerprint density at radius 3 is 2.88 bits per heavy atom. The van der Waals surface area contributed by atoms with Crippen LogP contribution in [0.25, 0.3) is 0 Å². The molecule has 2 aromatic rings. The number of aromatic nitrogens is 3. The van der Waals surface area contributed by atoms with Crippen LogP contribution in [0.4, 0.5) is 10.8 Å². The van der Waals surface area contributed by atoms with Gasteiger partial charge in [-0.1, -0.05) is 0 Å². The van der Waals surface area contributed by atoms with Gasteiger partial charge in [-0.2, -0.15) is 5.10 Å². The van der Waals surface area contributed by atoms with E-state index in [9.17, 15) is 4.79 Å². The first-order valence-corrected chi connectivity index (χ1v) is 6.00. The number of nitrogens with two attached hydrogens (primary N) is 1. The van der Waals surface area contributed by atoms with Crippen LogP contribution >= 0.6 is 11.3 Å². The first-order chi connectivity index (χ1) is 8.06. The van der Waals surface area contributed by atoms with Crippen molar-refractivity contribution in [1.82, 2.24) is 14.8 Å². The molecule has 17 heavy (non-hydrogen) atoms. The van der Waals surface area contributed by atoms with E-state index < -0.39 is 0 Å². The summed E-state index contributed by atoms with van der Waals surface area (Å²) in [6.45, 7) is 4.03. The number of amides is 1. The fourth-order valence-corrected chi connectivity index (χ4v) is 1.82. The molecule has 7 heteroatoms. The second-order valence-electron chi connectivity index (χ2n) is 3.83. The number of hydrogen-bond acceptors (Lipinski definition) is 5. The lowest BCUT2D eigenvalue weighted by Gasteiger charge is -2.03. The van der Waals surface area contributed by atoms with E-state index in [0.29, 0.717) is 16.5 Å². The van der Waals surface area contributed by atoms with Crippen molar-refractivity contribution in [3.63, 3.8) is 0 Å². The van der Waals surface area contributed by atoms with E-state index >= 15 is 0 Å². The molecule has 90 valence electrons. The third-order valence-corrected chi connectivity index (χ3v) is 2.82. The lowest BCUT2D eigenvalue weighted by Crippen LogP contribution is -2.12. The maximum atomic E-state index is 11.7. The maximum absolute atomic E-state index is 11.7. The normalized spacial score (nSPS) is 10.8. The molecule has 0 aliphatic heterocycles. The number of nitrogens with one attached hydrogen (secondary N) is 1. The third kappa shape index (κ3) is 2.62. The standard InChI is InChI=1S/C10H13N5OS/c1-6(2)15-4-7(3-12-15)13-9(16)8-5-17-10(11)14-8/h3-6H,1-2H3,(H2,11,14)(H,13,16). The molecular formula is C10H13N5OS. The summed E-state index contributed by atoms with van der Waals surface area (Å²) in [4.78, 5) is 15.7. The molecule has 6 nitrogen and oxygen atoms in total. The lowest BCUT2D eigenvalue weighted by molar-refractivity contribution is 0.102. The van der Waals surface area contributed by atoms with E-state index in [1.54, 1.807) is 22.5 Å². The Labute approximate surface area is 102 Å². The molecule has 0 atom stereocenters. The minimum atomic E-state index is -0.277. The van der Waals surface area contributed by atoms with Gasteiger partial charge in [-0.25, -0.2) is 4.98 Å². The van der Waals surface area contributed by atoms with Gasteiger partial charge in [-0.15, -0.1) is 11.3 Å². The van der Waals surface area contributed by atoms with E-state index in [4.69, 9.17) is 5.73 Å². The number of carbonyl (C=O) groups is 1. The summed E-state index contributed by atoms with van der Waals surface area (Å²) in [7, 11) is 0. The zero-order chi connectivity index (χ0) is 12.4. The topological polar surface area (TPSA) is 85.8 Å². The number of carbonyl (C=O) groups excluding carboxylic acids is 1. The first-order valence-electron chi connectivity index (χ1n) is 5.13. The van der Waals surface area contributed by atoms with Crippen molar-refractivity contribution in [2.45, 2.75) is 19.9 Å². The number of hydrogen-bond donors (Lipinski definition) is 2. The van der Waals surface area contributed by atoms with Crippen molar-refractivity contribution in [3.8, 4) is 0 Å². The van der Waals surface area contributed by atoms with Crippen LogP contribution < -0.4 is 11.1 Å². The number of thiazole rings is 1. The van der Waals surface area contributed by atoms with Gasteiger partial charge in [0.1, 0.15) is 5.69 Å². The Bertz CT molecular complexity index is 530. The Hall–Kier alpha value is -1.89. The molecule has 0 aromatic carbocycles. The fourth-order valence-electron chi connectivity index (χ4n) is 1.27. The number of nitrogens with zero attached hydrogens (tertiary/aromatic N) is 3. The number of anilines is 2. The van der Waals surface area contributed by atoms with Gasteiger partial charge in [0.15, 0.2) is 5.13 Å². The predicted molar refractivity (Wildman–Crippen MR) is 67.1 cm³/mol. The number of rotatable bonds is 3. The average Bonchev–Trinajstić information content (AvgIpc) is 2.86. The summed E-state index contributed by atoms with van der Waals surface area (Å²) in [6, 6.07) is 0.260. The van der Waals surface area contributed by atoms with E-state index in [-0.39, 0.29) is 11.9 Å². The molecule has 0 aliphatic rings. The molecule has 0 radical (unpaired) electrons. The average molecular weight is 251 g/mol. The predicted octanol–water partition coefficient (Wildman–Crippen LogP) is 1.75. The van der Waals surface area contributed by atoms with Gasteiger partial charge in [0.05, 0.1) is 11.9 Å². The van der Waals surface area contributed by atoms with Crippen LogP contribution in [-0.2, 0) is 0 Å². The smallest absolute Gasteiger partial charge is 0.275 e. The zero-order valence-corrected chi connectivity index (χ0v) is 10.4. The van der Waals surface area contributed by atoms with Crippen molar-refractivity contribution >= 4 is 28.1 Å². The molecule has 0 spiro atoms. The summed E-state index contributed by atoms with van der Waals surface area (Å²) in [5.74, 6) is -0.277. The van der Waals surface area contributed by atoms with Crippen molar-refractivity contribution in [3.05, 3.63) is 23.5 Å². The molecule has 0 fully saturated rings.